The minimum Gasteiger partial charge on any atom is -0.504 e. The standard InChI is InChI=1S/C25H24FNO6/c1-30-19-10-7-15(11-18(19)28)23-22(14-5-8-16(26)9-6-14)25(29)27(23)17-12-20(31-2)24(33-4)21(13-17)32-3/h5-13,22-23,28H,1-4H3. The number of carbonyl (C=O) groups is 1. The Hall–Kier alpha value is -3.94. The van der Waals surface area contributed by atoms with Crippen molar-refractivity contribution >= 4 is 11.6 Å². The third-order valence-corrected chi connectivity index (χ3v) is 5.80. The maximum atomic E-state index is 13.5. The summed E-state index contributed by atoms with van der Waals surface area (Å²) in [6.45, 7) is 0. The van der Waals surface area contributed by atoms with Crippen molar-refractivity contribution < 1.29 is 33.2 Å². The van der Waals surface area contributed by atoms with Gasteiger partial charge in [-0.05, 0) is 35.4 Å². The van der Waals surface area contributed by atoms with Crippen LogP contribution in [0, 0.1) is 5.82 Å². The topological polar surface area (TPSA) is 77.5 Å². The highest BCUT2D eigenvalue weighted by atomic mass is 19.1. The number of benzene rings is 3. The predicted octanol–water partition coefficient (Wildman–Crippen LogP) is 4.44. The number of amides is 1. The summed E-state index contributed by atoms with van der Waals surface area (Å²) in [6.07, 6.45) is 0. The molecule has 1 N–H and O–H groups in total. The molecule has 1 saturated heterocycles. The van der Waals surface area contributed by atoms with Gasteiger partial charge < -0.3 is 29.0 Å². The number of methoxy groups -OCH3 is 4. The van der Waals surface area contributed by atoms with Crippen LogP contribution in [0.2, 0.25) is 0 Å². The van der Waals surface area contributed by atoms with Crippen LogP contribution in [-0.4, -0.2) is 39.5 Å². The van der Waals surface area contributed by atoms with Crippen LogP contribution in [0.25, 0.3) is 0 Å². The molecule has 1 amide bonds. The molecule has 7 nitrogen and oxygen atoms in total. The summed E-state index contributed by atoms with van der Waals surface area (Å²) in [5.41, 5.74) is 1.90. The van der Waals surface area contributed by atoms with Crippen molar-refractivity contribution in [3.63, 3.8) is 0 Å². The number of aromatic hydroxyl groups is 1. The Morgan fingerprint density at radius 3 is 1.88 bits per heavy atom. The highest BCUT2D eigenvalue weighted by Crippen LogP contribution is 2.52. The van der Waals surface area contributed by atoms with Gasteiger partial charge in [0.2, 0.25) is 11.7 Å². The summed E-state index contributed by atoms with van der Waals surface area (Å²) in [5.74, 6) is 0.353. The van der Waals surface area contributed by atoms with Crippen LogP contribution in [0.4, 0.5) is 10.1 Å². The highest BCUT2D eigenvalue weighted by Gasteiger charge is 2.50. The van der Waals surface area contributed by atoms with Gasteiger partial charge in [0.05, 0.1) is 46.1 Å². The van der Waals surface area contributed by atoms with Crippen LogP contribution in [0.15, 0.2) is 54.6 Å². The van der Waals surface area contributed by atoms with E-state index in [2.05, 4.69) is 0 Å². The van der Waals surface area contributed by atoms with Gasteiger partial charge in [-0.2, -0.15) is 0 Å². The second-order valence-corrected chi connectivity index (χ2v) is 7.50. The minimum atomic E-state index is -0.572. The number of phenols is 1. The molecule has 172 valence electrons. The molecule has 2 unspecified atom stereocenters. The molecule has 2 atom stereocenters. The maximum Gasteiger partial charge on any atom is 0.237 e. The van der Waals surface area contributed by atoms with E-state index in [4.69, 9.17) is 18.9 Å². The van der Waals surface area contributed by atoms with E-state index in [0.29, 0.717) is 39.8 Å². The van der Waals surface area contributed by atoms with Crippen molar-refractivity contribution in [3.05, 3.63) is 71.5 Å². The van der Waals surface area contributed by atoms with Crippen LogP contribution in [-0.2, 0) is 4.79 Å². The van der Waals surface area contributed by atoms with Gasteiger partial charge >= 0.3 is 0 Å². The SMILES string of the molecule is COc1ccc(C2C(c3ccc(F)cc3)C(=O)N2c2cc(OC)c(OC)c(OC)c2)cc1O. The molecule has 0 aromatic heterocycles. The summed E-state index contributed by atoms with van der Waals surface area (Å²) in [6, 6.07) is 13.8. The number of rotatable bonds is 7. The van der Waals surface area contributed by atoms with E-state index in [9.17, 15) is 14.3 Å². The van der Waals surface area contributed by atoms with Crippen molar-refractivity contribution in [1.29, 1.82) is 0 Å². The third-order valence-electron chi connectivity index (χ3n) is 5.80. The first-order valence-electron chi connectivity index (χ1n) is 10.2. The molecule has 3 aromatic carbocycles. The van der Waals surface area contributed by atoms with E-state index in [1.54, 1.807) is 47.4 Å². The van der Waals surface area contributed by atoms with Crippen LogP contribution in [0.5, 0.6) is 28.7 Å². The number of anilines is 1. The smallest absolute Gasteiger partial charge is 0.237 e. The average molecular weight is 453 g/mol. The van der Waals surface area contributed by atoms with Crippen molar-refractivity contribution in [2.75, 3.05) is 33.3 Å². The van der Waals surface area contributed by atoms with E-state index >= 15 is 0 Å². The molecule has 0 saturated carbocycles. The number of nitrogens with zero attached hydrogens (tertiary/aromatic N) is 1. The van der Waals surface area contributed by atoms with Crippen LogP contribution in [0.1, 0.15) is 23.1 Å². The zero-order valence-corrected chi connectivity index (χ0v) is 18.7. The molecule has 0 aliphatic carbocycles. The zero-order chi connectivity index (χ0) is 23.7. The maximum absolute atomic E-state index is 13.5. The Morgan fingerprint density at radius 1 is 0.788 bits per heavy atom. The minimum absolute atomic E-state index is 0.0444. The summed E-state index contributed by atoms with van der Waals surface area (Å²) in [7, 11) is 5.96. The fourth-order valence-corrected chi connectivity index (χ4v) is 4.21. The fraction of sp³-hybridized carbons (Fsp3) is 0.240. The zero-order valence-electron chi connectivity index (χ0n) is 18.7. The Bertz CT molecular complexity index is 1160. The number of phenolic OH excluding ortho intramolecular Hbond substituents is 1. The van der Waals surface area contributed by atoms with Gasteiger partial charge in [0.15, 0.2) is 23.0 Å². The van der Waals surface area contributed by atoms with E-state index in [1.165, 1.54) is 40.6 Å². The molecule has 4 rings (SSSR count). The molecule has 1 fully saturated rings. The van der Waals surface area contributed by atoms with Gasteiger partial charge in [-0.25, -0.2) is 4.39 Å². The molecule has 0 radical (unpaired) electrons. The fourth-order valence-electron chi connectivity index (χ4n) is 4.21. The molecule has 0 bridgehead atoms. The Kier molecular flexibility index (Phi) is 6.00. The lowest BCUT2D eigenvalue weighted by atomic mass is 9.77. The molecule has 0 spiro atoms. The normalized spacial score (nSPS) is 17.4. The van der Waals surface area contributed by atoms with Gasteiger partial charge in [-0.3, -0.25) is 4.79 Å². The van der Waals surface area contributed by atoms with Gasteiger partial charge in [0.25, 0.3) is 0 Å². The quantitative estimate of drug-likeness (QED) is 0.533. The Labute approximate surface area is 190 Å². The van der Waals surface area contributed by atoms with Crippen LogP contribution in [0.3, 0.4) is 0 Å². The largest absolute Gasteiger partial charge is 0.504 e. The molecule has 3 aromatic rings. The van der Waals surface area contributed by atoms with Crippen molar-refractivity contribution in [2.45, 2.75) is 12.0 Å². The van der Waals surface area contributed by atoms with E-state index in [-0.39, 0.29) is 17.5 Å². The average Bonchev–Trinajstić information content (AvgIpc) is 2.82. The number of hydrogen-bond donors (Lipinski definition) is 1. The lowest BCUT2D eigenvalue weighted by molar-refractivity contribution is -0.126. The third kappa shape index (κ3) is 3.77. The van der Waals surface area contributed by atoms with Crippen molar-refractivity contribution in [1.82, 2.24) is 0 Å². The van der Waals surface area contributed by atoms with E-state index < -0.39 is 12.0 Å². The lowest BCUT2D eigenvalue weighted by Crippen LogP contribution is -2.53. The Balaban J connectivity index is 1.84. The summed E-state index contributed by atoms with van der Waals surface area (Å²) >= 11 is 0. The molecular weight excluding hydrogens is 429 g/mol. The van der Waals surface area contributed by atoms with Gasteiger partial charge in [-0.15, -0.1) is 0 Å². The highest BCUT2D eigenvalue weighted by molar-refractivity contribution is 6.07. The number of hydrogen-bond acceptors (Lipinski definition) is 6. The second kappa shape index (κ2) is 8.90. The first-order valence-corrected chi connectivity index (χ1v) is 10.2. The van der Waals surface area contributed by atoms with E-state index in [0.717, 1.165) is 0 Å². The summed E-state index contributed by atoms with van der Waals surface area (Å²) in [4.78, 5) is 15.0. The molecular formula is C25H24FNO6. The number of ether oxygens (including phenoxy) is 4. The van der Waals surface area contributed by atoms with Gasteiger partial charge in [-0.1, -0.05) is 18.2 Å². The van der Waals surface area contributed by atoms with E-state index in [1.807, 2.05) is 0 Å². The lowest BCUT2D eigenvalue weighted by Gasteiger charge is -2.48. The first-order chi connectivity index (χ1) is 15.9. The molecule has 33 heavy (non-hydrogen) atoms. The van der Waals surface area contributed by atoms with Crippen molar-refractivity contribution in [3.8, 4) is 28.7 Å². The van der Waals surface area contributed by atoms with Gasteiger partial charge in [0, 0.05) is 12.1 Å². The summed E-state index contributed by atoms with van der Waals surface area (Å²) in [5, 5.41) is 10.4. The number of carbonyl (C=O) groups excluding carboxylic acids is 1. The molecule has 8 heteroatoms. The van der Waals surface area contributed by atoms with Crippen molar-refractivity contribution in [2.24, 2.45) is 0 Å². The number of β-lactam (4-membered cyclic amide) rings is 1. The second-order valence-electron chi connectivity index (χ2n) is 7.50. The van der Waals surface area contributed by atoms with Crippen LogP contribution >= 0.6 is 0 Å². The first kappa shape index (κ1) is 22.3. The number of halogens is 1. The molecule has 1 heterocycles. The van der Waals surface area contributed by atoms with Crippen LogP contribution < -0.4 is 23.8 Å². The monoisotopic (exact) mass is 453 g/mol. The Morgan fingerprint density at radius 2 is 1.36 bits per heavy atom. The molecule has 1 aliphatic rings. The molecule has 1 aliphatic heterocycles. The summed E-state index contributed by atoms with van der Waals surface area (Å²) < 4.78 is 35.0. The van der Waals surface area contributed by atoms with Gasteiger partial charge in [0.1, 0.15) is 5.82 Å². The predicted molar refractivity (Wildman–Crippen MR) is 120 cm³/mol.